The highest BCUT2D eigenvalue weighted by Gasteiger charge is 2.28. The number of fused-ring (bicyclic) bond motifs is 1. The quantitative estimate of drug-likeness (QED) is 0.525. The van der Waals surface area contributed by atoms with Gasteiger partial charge in [-0.1, -0.05) is 36.4 Å². The van der Waals surface area contributed by atoms with Crippen LogP contribution in [0, 0.1) is 5.82 Å². The third-order valence-electron chi connectivity index (χ3n) is 5.18. The summed E-state index contributed by atoms with van der Waals surface area (Å²) in [6, 6.07) is 20.2. The van der Waals surface area contributed by atoms with Crippen molar-refractivity contribution in [3.8, 4) is 0 Å². The number of nitrogens with zero attached hydrogens (tertiary/aromatic N) is 1. The van der Waals surface area contributed by atoms with Crippen LogP contribution in [0.4, 0.5) is 15.8 Å². The van der Waals surface area contributed by atoms with Crippen molar-refractivity contribution in [2.75, 3.05) is 24.7 Å². The van der Waals surface area contributed by atoms with Crippen LogP contribution in [0.2, 0.25) is 0 Å². The SMILES string of the molecule is CN(C)Cc1ccc(NC(=C2C(=O)Nc3cc(F)ccc32)c2ccc(CN)cc2)cc1. The van der Waals surface area contributed by atoms with E-state index in [2.05, 4.69) is 27.7 Å². The second-order valence-electron chi connectivity index (χ2n) is 7.85. The zero-order chi connectivity index (χ0) is 22.0. The summed E-state index contributed by atoms with van der Waals surface area (Å²) in [6.07, 6.45) is 0. The van der Waals surface area contributed by atoms with Gasteiger partial charge in [0.05, 0.1) is 17.0 Å². The van der Waals surface area contributed by atoms with E-state index < -0.39 is 5.82 Å². The molecule has 158 valence electrons. The fourth-order valence-electron chi connectivity index (χ4n) is 3.68. The average molecular weight is 417 g/mol. The summed E-state index contributed by atoms with van der Waals surface area (Å²) < 4.78 is 13.7. The molecule has 1 aliphatic heterocycles. The van der Waals surface area contributed by atoms with Crippen LogP contribution in [-0.2, 0) is 17.9 Å². The van der Waals surface area contributed by atoms with E-state index in [0.29, 0.717) is 29.1 Å². The number of amides is 1. The summed E-state index contributed by atoms with van der Waals surface area (Å²) in [4.78, 5) is 15.0. The van der Waals surface area contributed by atoms with Gasteiger partial charge in [0.15, 0.2) is 0 Å². The Morgan fingerprint density at radius 2 is 1.68 bits per heavy atom. The van der Waals surface area contributed by atoms with Crippen molar-refractivity contribution in [2.24, 2.45) is 5.73 Å². The van der Waals surface area contributed by atoms with Gasteiger partial charge in [-0.25, -0.2) is 4.39 Å². The lowest BCUT2D eigenvalue weighted by Gasteiger charge is -2.16. The van der Waals surface area contributed by atoms with Gasteiger partial charge in [-0.15, -0.1) is 0 Å². The summed E-state index contributed by atoms with van der Waals surface area (Å²) in [6.45, 7) is 1.28. The van der Waals surface area contributed by atoms with Gasteiger partial charge < -0.3 is 21.3 Å². The summed E-state index contributed by atoms with van der Waals surface area (Å²) in [5.74, 6) is -0.659. The highest BCUT2D eigenvalue weighted by atomic mass is 19.1. The number of anilines is 2. The Hall–Kier alpha value is -3.48. The number of benzene rings is 3. The van der Waals surface area contributed by atoms with Crippen molar-refractivity contribution in [2.45, 2.75) is 13.1 Å². The van der Waals surface area contributed by atoms with Gasteiger partial charge in [0.2, 0.25) is 0 Å². The zero-order valence-corrected chi connectivity index (χ0v) is 17.6. The molecule has 1 heterocycles. The van der Waals surface area contributed by atoms with Crippen LogP contribution in [0.25, 0.3) is 11.3 Å². The van der Waals surface area contributed by atoms with Crippen LogP contribution in [0.1, 0.15) is 22.3 Å². The molecule has 0 bridgehead atoms. The number of nitrogens with two attached hydrogens (primary N) is 1. The molecule has 31 heavy (non-hydrogen) atoms. The molecule has 0 saturated carbocycles. The van der Waals surface area contributed by atoms with Crippen LogP contribution in [0.3, 0.4) is 0 Å². The minimum absolute atomic E-state index is 0.268. The third-order valence-corrected chi connectivity index (χ3v) is 5.18. The molecule has 3 aromatic carbocycles. The van der Waals surface area contributed by atoms with Crippen LogP contribution < -0.4 is 16.4 Å². The standard InChI is InChI=1S/C25H25FN4O/c1-30(2)15-17-5-10-20(11-6-17)28-24(18-7-3-16(14-27)4-8-18)23-21-12-9-19(26)13-22(21)29-25(23)31/h3-13,28H,14-15,27H2,1-2H3,(H,29,31). The molecular formula is C25H25FN4O. The first-order valence-electron chi connectivity index (χ1n) is 10.1. The Morgan fingerprint density at radius 1 is 1.00 bits per heavy atom. The highest BCUT2D eigenvalue weighted by Crippen LogP contribution is 2.38. The molecule has 1 aliphatic rings. The van der Waals surface area contributed by atoms with Crippen molar-refractivity contribution >= 4 is 28.6 Å². The van der Waals surface area contributed by atoms with E-state index in [0.717, 1.165) is 23.4 Å². The summed E-state index contributed by atoms with van der Waals surface area (Å²) in [7, 11) is 4.05. The topological polar surface area (TPSA) is 70.4 Å². The predicted octanol–water partition coefficient (Wildman–Crippen LogP) is 4.28. The Balaban J connectivity index is 1.79. The van der Waals surface area contributed by atoms with Gasteiger partial charge in [-0.3, -0.25) is 4.79 Å². The molecule has 0 aromatic heterocycles. The lowest BCUT2D eigenvalue weighted by atomic mass is 9.99. The lowest BCUT2D eigenvalue weighted by Crippen LogP contribution is -2.11. The van der Waals surface area contributed by atoms with Gasteiger partial charge >= 0.3 is 0 Å². The van der Waals surface area contributed by atoms with Gasteiger partial charge in [-0.05, 0) is 61.1 Å². The van der Waals surface area contributed by atoms with Crippen molar-refractivity contribution in [1.82, 2.24) is 4.90 Å². The fraction of sp³-hybridized carbons (Fsp3) is 0.160. The van der Waals surface area contributed by atoms with Gasteiger partial charge in [0.1, 0.15) is 5.82 Å². The highest BCUT2D eigenvalue weighted by molar-refractivity contribution is 6.37. The number of carbonyl (C=O) groups is 1. The first-order chi connectivity index (χ1) is 14.9. The summed E-state index contributed by atoms with van der Waals surface area (Å²) >= 11 is 0. The Morgan fingerprint density at radius 3 is 2.32 bits per heavy atom. The summed E-state index contributed by atoms with van der Waals surface area (Å²) in [5, 5.41) is 6.20. The molecule has 5 nitrogen and oxygen atoms in total. The van der Waals surface area contributed by atoms with E-state index in [9.17, 15) is 9.18 Å². The number of hydrogen-bond donors (Lipinski definition) is 3. The zero-order valence-electron chi connectivity index (χ0n) is 17.6. The molecule has 0 fully saturated rings. The molecule has 4 N–H and O–H groups in total. The molecule has 0 spiro atoms. The van der Waals surface area contributed by atoms with Gasteiger partial charge in [0.25, 0.3) is 5.91 Å². The number of carbonyl (C=O) groups excluding carboxylic acids is 1. The largest absolute Gasteiger partial charge is 0.354 e. The van der Waals surface area contributed by atoms with E-state index >= 15 is 0 Å². The molecule has 0 unspecified atom stereocenters. The van der Waals surface area contributed by atoms with Crippen molar-refractivity contribution in [3.05, 3.63) is 94.8 Å². The number of halogens is 1. The van der Waals surface area contributed by atoms with E-state index in [1.807, 2.05) is 50.5 Å². The van der Waals surface area contributed by atoms with Gasteiger partial charge in [-0.2, -0.15) is 0 Å². The monoisotopic (exact) mass is 416 g/mol. The minimum atomic E-state index is -0.390. The minimum Gasteiger partial charge on any atom is -0.354 e. The van der Waals surface area contributed by atoms with Crippen molar-refractivity contribution in [1.29, 1.82) is 0 Å². The molecule has 6 heteroatoms. The Labute approximate surface area is 181 Å². The molecule has 0 saturated heterocycles. The summed E-state index contributed by atoms with van der Waals surface area (Å²) in [5.41, 5.74) is 11.9. The Kier molecular flexibility index (Phi) is 5.84. The molecular weight excluding hydrogens is 391 g/mol. The molecule has 3 aromatic rings. The Bertz CT molecular complexity index is 1140. The average Bonchev–Trinajstić information content (AvgIpc) is 3.07. The normalized spacial score (nSPS) is 14.4. The lowest BCUT2D eigenvalue weighted by molar-refractivity contribution is -0.110. The van der Waals surface area contributed by atoms with Crippen LogP contribution in [-0.4, -0.2) is 24.9 Å². The van der Waals surface area contributed by atoms with E-state index in [-0.39, 0.29) is 5.91 Å². The van der Waals surface area contributed by atoms with E-state index in [4.69, 9.17) is 5.73 Å². The third kappa shape index (κ3) is 4.50. The smallest absolute Gasteiger partial charge is 0.258 e. The van der Waals surface area contributed by atoms with Crippen molar-refractivity contribution in [3.63, 3.8) is 0 Å². The second kappa shape index (κ2) is 8.71. The van der Waals surface area contributed by atoms with Crippen LogP contribution >= 0.6 is 0 Å². The van der Waals surface area contributed by atoms with E-state index in [1.54, 1.807) is 6.07 Å². The van der Waals surface area contributed by atoms with Crippen LogP contribution in [0.5, 0.6) is 0 Å². The molecule has 4 rings (SSSR count). The maximum absolute atomic E-state index is 13.7. The molecule has 0 radical (unpaired) electrons. The molecule has 0 aliphatic carbocycles. The van der Waals surface area contributed by atoms with Crippen LogP contribution in [0.15, 0.2) is 66.7 Å². The number of hydrogen-bond acceptors (Lipinski definition) is 4. The first-order valence-corrected chi connectivity index (χ1v) is 10.1. The fourth-order valence-corrected chi connectivity index (χ4v) is 3.68. The number of nitrogens with one attached hydrogen (secondary N) is 2. The van der Waals surface area contributed by atoms with Crippen molar-refractivity contribution < 1.29 is 9.18 Å². The van der Waals surface area contributed by atoms with Gasteiger partial charge in [0, 0.05) is 24.3 Å². The first kappa shape index (κ1) is 20.8. The molecule has 0 atom stereocenters. The number of rotatable bonds is 6. The van der Waals surface area contributed by atoms with E-state index in [1.165, 1.54) is 17.7 Å². The second-order valence-corrected chi connectivity index (χ2v) is 7.85. The predicted molar refractivity (Wildman–Crippen MR) is 124 cm³/mol. The maximum Gasteiger partial charge on any atom is 0.258 e. The maximum atomic E-state index is 13.7. The molecule has 1 amide bonds.